The molecule has 18 heavy (non-hydrogen) atoms. The van der Waals surface area contributed by atoms with Crippen molar-refractivity contribution in [3.8, 4) is 0 Å². The zero-order valence-electron chi connectivity index (χ0n) is 12.5. The van der Waals surface area contributed by atoms with E-state index in [1.807, 2.05) is 0 Å². The minimum atomic E-state index is -0.145. The van der Waals surface area contributed by atoms with Crippen LogP contribution in [0.1, 0.15) is 53.4 Å². The molecule has 1 saturated carbocycles. The van der Waals surface area contributed by atoms with Crippen molar-refractivity contribution < 1.29 is 10.2 Å². The smallest absolute Gasteiger partial charge is 0.0581 e. The second-order valence-electron chi connectivity index (χ2n) is 6.90. The Kier molecular flexibility index (Phi) is 6.09. The predicted molar refractivity (Wildman–Crippen MR) is 75.5 cm³/mol. The van der Waals surface area contributed by atoms with E-state index in [2.05, 4.69) is 32.6 Å². The summed E-state index contributed by atoms with van der Waals surface area (Å²) >= 11 is 0. The third-order valence-corrected chi connectivity index (χ3v) is 4.28. The van der Waals surface area contributed by atoms with Crippen LogP contribution in [0.25, 0.3) is 0 Å². The maximum absolute atomic E-state index is 10.2. The third-order valence-electron chi connectivity index (χ3n) is 4.28. The Labute approximate surface area is 112 Å². The van der Waals surface area contributed by atoms with E-state index in [-0.39, 0.29) is 12.7 Å². The van der Waals surface area contributed by atoms with Gasteiger partial charge in [0, 0.05) is 25.7 Å². The number of hydrogen-bond donors (Lipinski definition) is 2. The second-order valence-corrected chi connectivity index (χ2v) is 6.90. The van der Waals surface area contributed by atoms with Crippen molar-refractivity contribution >= 4 is 0 Å². The van der Waals surface area contributed by atoms with Crippen LogP contribution < -0.4 is 0 Å². The maximum atomic E-state index is 10.2. The Morgan fingerprint density at radius 3 is 2.56 bits per heavy atom. The first kappa shape index (κ1) is 15.9. The molecule has 1 aliphatic carbocycles. The molecule has 2 unspecified atom stereocenters. The molecule has 0 heterocycles. The lowest BCUT2D eigenvalue weighted by molar-refractivity contribution is -0.00123. The van der Waals surface area contributed by atoms with E-state index in [1.54, 1.807) is 0 Å². The molecule has 0 aromatic heterocycles. The molecule has 0 bridgehead atoms. The second kappa shape index (κ2) is 6.88. The van der Waals surface area contributed by atoms with Crippen LogP contribution in [0, 0.1) is 11.3 Å². The molecule has 0 aromatic rings. The van der Waals surface area contributed by atoms with Crippen molar-refractivity contribution in [2.24, 2.45) is 11.3 Å². The standard InChI is InChI=1S/C15H31NO2/c1-12(2)16(8-5-9-17)11-13-10-15(3,4)7-6-14(13)18/h12-14,17-18H,5-11H2,1-4H3. The van der Waals surface area contributed by atoms with Crippen LogP contribution in [0.4, 0.5) is 0 Å². The van der Waals surface area contributed by atoms with E-state index in [0.717, 1.165) is 38.8 Å². The number of rotatable bonds is 6. The van der Waals surface area contributed by atoms with E-state index in [4.69, 9.17) is 5.11 Å². The lowest BCUT2D eigenvalue weighted by Gasteiger charge is -2.41. The lowest BCUT2D eigenvalue weighted by Crippen LogP contribution is -2.43. The molecule has 2 atom stereocenters. The molecule has 3 heteroatoms. The van der Waals surface area contributed by atoms with Gasteiger partial charge in [0.1, 0.15) is 0 Å². The van der Waals surface area contributed by atoms with E-state index >= 15 is 0 Å². The van der Waals surface area contributed by atoms with Gasteiger partial charge in [-0.25, -0.2) is 0 Å². The zero-order valence-corrected chi connectivity index (χ0v) is 12.5. The molecule has 0 spiro atoms. The Morgan fingerprint density at radius 1 is 1.33 bits per heavy atom. The van der Waals surface area contributed by atoms with Gasteiger partial charge < -0.3 is 15.1 Å². The lowest BCUT2D eigenvalue weighted by atomic mass is 9.70. The van der Waals surface area contributed by atoms with Crippen LogP contribution in [0.3, 0.4) is 0 Å². The van der Waals surface area contributed by atoms with Crippen LogP contribution in [0.2, 0.25) is 0 Å². The van der Waals surface area contributed by atoms with Gasteiger partial charge in [0.05, 0.1) is 6.10 Å². The highest BCUT2D eigenvalue weighted by molar-refractivity contribution is 4.86. The third kappa shape index (κ3) is 4.87. The molecule has 3 nitrogen and oxygen atoms in total. The molecule has 0 aliphatic heterocycles. The summed E-state index contributed by atoms with van der Waals surface area (Å²) in [4.78, 5) is 2.39. The van der Waals surface area contributed by atoms with Crippen molar-refractivity contribution in [3.05, 3.63) is 0 Å². The summed E-state index contributed by atoms with van der Waals surface area (Å²) in [6.07, 6.45) is 3.85. The quantitative estimate of drug-likeness (QED) is 0.767. The van der Waals surface area contributed by atoms with Crippen molar-refractivity contribution in [2.45, 2.75) is 65.5 Å². The van der Waals surface area contributed by atoms with Gasteiger partial charge in [0.25, 0.3) is 0 Å². The van der Waals surface area contributed by atoms with Gasteiger partial charge in [-0.1, -0.05) is 13.8 Å². The minimum Gasteiger partial charge on any atom is -0.396 e. The molecule has 1 fully saturated rings. The Balaban J connectivity index is 2.55. The predicted octanol–water partition coefficient (Wildman–Crippen LogP) is 2.27. The maximum Gasteiger partial charge on any atom is 0.0581 e. The topological polar surface area (TPSA) is 43.7 Å². The molecule has 0 saturated heterocycles. The fraction of sp³-hybridized carbons (Fsp3) is 1.00. The fourth-order valence-electron chi connectivity index (χ4n) is 3.04. The van der Waals surface area contributed by atoms with Crippen molar-refractivity contribution in [2.75, 3.05) is 19.7 Å². The average Bonchev–Trinajstić information content (AvgIpc) is 2.28. The minimum absolute atomic E-state index is 0.145. The molecule has 2 N–H and O–H groups in total. The van der Waals surface area contributed by atoms with Crippen LogP contribution in [0.5, 0.6) is 0 Å². The number of hydrogen-bond acceptors (Lipinski definition) is 3. The number of nitrogens with zero attached hydrogens (tertiary/aromatic N) is 1. The molecule has 0 aromatic carbocycles. The monoisotopic (exact) mass is 257 g/mol. The molecular weight excluding hydrogens is 226 g/mol. The van der Waals surface area contributed by atoms with Gasteiger partial charge in [-0.05, 0) is 50.9 Å². The van der Waals surface area contributed by atoms with Gasteiger partial charge in [0.2, 0.25) is 0 Å². The van der Waals surface area contributed by atoms with Crippen LogP contribution in [0.15, 0.2) is 0 Å². The van der Waals surface area contributed by atoms with Gasteiger partial charge in [-0.15, -0.1) is 0 Å². The summed E-state index contributed by atoms with van der Waals surface area (Å²) in [6.45, 7) is 11.1. The number of aliphatic hydroxyl groups is 2. The first-order valence-corrected chi connectivity index (χ1v) is 7.38. The summed E-state index contributed by atoms with van der Waals surface area (Å²) in [5.41, 5.74) is 0.365. The summed E-state index contributed by atoms with van der Waals surface area (Å²) in [5, 5.41) is 19.1. The molecule has 0 amide bonds. The van der Waals surface area contributed by atoms with Crippen LogP contribution >= 0.6 is 0 Å². The Morgan fingerprint density at radius 2 is 2.00 bits per heavy atom. The summed E-state index contributed by atoms with van der Waals surface area (Å²) in [6, 6.07) is 0.480. The number of aliphatic hydroxyl groups excluding tert-OH is 2. The summed E-state index contributed by atoms with van der Waals surface area (Å²) < 4.78 is 0. The highest BCUT2D eigenvalue weighted by Crippen LogP contribution is 2.39. The molecule has 1 aliphatic rings. The highest BCUT2D eigenvalue weighted by atomic mass is 16.3. The first-order chi connectivity index (χ1) is 8.35. The first-order valence-electron chi connectivity index (χ1n) is 7.38. The molecule has 108 valence electrons. The SMILES string of the molecule is CC(C)N(CCCO)CC1CC(C)(C)CCC1O. The van der Waals surface area contributed by atoms with Crippen molar-refractivity contribution in [1.29, 1.82) is 0 Å². The van der Waals surface area contributed by atoms with E-state index in [1.165, 1.54) is 0 Å². The van der Waals surface area contributed by atoms with Gasteiger partial charge in [-0.3, -0.25) is 0 Å². The van der Waals surface area contributed by atoms with Gasteiger partial charge in [0.15, 0.2) is 0 Å². The fourth-order valence-corrected chi connectivity index (χ4v) is 3.04. The van der Waals surface area contributed by atoms with E-state index < -0.39 is 0 Å². The highest BCUT2D eigenvalue weighted by Gasteiger charge is 2.34. The summed E-state index contributed by atoms with van der Waals surface area (Å²) in [5.74, 6) is 0.384. The summed E-state index contributed by atoms with van der Waals surface area (Å²) in [7, 11) is 0. The Hall–Kier alpha value is -0.120. The van der Waals surface area contributed by atoms with Gasteiger partial charge in [-0.2, -0.15) is 0 Å². The molecule has 1 rings (SSSR count). The van der Waals surface area contributed by atoms with Crippen LogP contribution in [-0.2, 0) is 0 Å². The van der Waals surface area contributed by atoms with E-state index in [9.17, 15) is 5.11 Å². The largest absolute Gasteiger partial charge is 0.396 e. The normalized spacial score (nSPS) is 28.0. The van der Waals surface area contributed by atoms with Crippen LogP contribution in [-0.4, -0.2) is 47.0 Å². The molecular formula is C15H31NO2. The van der Waals surface area contributed by atoms with E-state index in [0.29, 0.717) is 17.4 Å². The molecule has 0 radical (unpaired) electrons. The van der Waals surface area contributed by atoms with Crippen molar-refractivity contribution in [1.82, 2.24) is 4.90 Å². The zero-order chi connectivity index (χ0) is 13.8. The van der Waals surface area contributed by atoms with Gasteiger partial charge >= 0.3 is 0 Å². The Bertz CT molecular complexity index is 241. The van der Waals surface area contributed by atoms with Crippen molar-refractivity contribution in [3.63, 3.8) is 0 Å². The average molecular weight is 257 g/mol.